The number of sulfone groups is 1. The third-order valence-corrected chi connectivity index (χ3v) is 8.92. The number of benzene rings is 2. The zero-order valence-corrected chi connectivity index (χ0v) is 21.3. The SMILES string of the molecule is O=C(C1=CNC2=CC=C(CCS(=O)(=O)c3ccccc3)CC21)[C@H]1CCCN1C(=O)OCc1ccccc1. The number of hydrogen-bond donors (Lipinski definition) is 1. The lowest BCUT2D eigenvalue weighted by Crippen LogP contribution is -2.42. The van der Waals surface area contributed by atoms with Crippen LogP contribution in [-0.4, -0.2) is 43.5 Å². The topological polar surface area (TPSA) is 92.8 Å². The molecule has 5 rings (SSSR count). The maximum Gasteiger partial charge on any atom is 0.410 e. The molecule has 1 unspecified atom stereocenters. The lowest BCUT2D eigenvalue weighted by Gasteiger charge is -2.26. The summed E-state index contributed by atoms with van der Waals surface area (Å²) >= 11 is 0. The van der Waals surface area contributed by atoms with Gasteiger partial charge < -0.3 is 10.1 Å². The molecule has 1 N–H and O–H groups in total. The molecule has 3 aliphatic rings. The van der Waals surface area contributed by atoms with Gasteiger partial charge in [0.15, 0.2) is 15.6 Å². The van der Waals surface area contributed by atoms with Gasteiger partial charge in [0.25, 0.3) is 0 Å². The number of nitrogens with one attached hydrogen (secondary N) is 1. The van der Waals surface area contributed by atoms with Crippen LogP contribution in [0.2, 0.25) is 0 Å². The van der Waals surface area contributed by atoms with Crippen molar-refractivity contribution in [3.63, 3.8) is 0 Å². The minimum atomic E-state index is -3.38. The fourth-order valence-electron chi connectivity index (χ4n) is 5.14. The van der Waals surface area contributed by atoms with E-state index in [0.717, 1.165) is 23.3 Å². The number of carbonyl (C=O) groups excluding carboxylic acids is 2. The molecule has 0 bridgehead atoms. The monoisotopic (exact) mass is 518 g/mol. The van der Waals surface area contributed by atoms with E-state index in [-0.39, 0.29) is 24.1 Å². The molecule has 2 atom stereocenters. The molecule has 2 heterocycles. The Morgan fingerprint density at radius 2 is 1.73 bits per heavy atom. The third kappa shape index (κ3) is 5.54. The second-order valence-corrected chi connectivity index (χ2v) is 11.7. The van der Waals surface area contributed by atoms with E-state index in [1.807, 2.05) is 42.5 Å². The summed E-state index contributed by atoms with van der Waals surface area (Å²) in [5, 5.41) is 3.20. The molecule has 0 aromatic heterocycles. The number of ether oxygens (including phenoxy) is 1. The van der Waals surface area contributed by atoms with Crippen LogP contribution in [0.25, 0.3) is 0 Å². The molecule has 1 fully saturated rings. The number of rotatable bonds is 8. The summed E-state index contributed by atoms with van der Waals surface area (Å²) in [6.07, 6.45) is 7.46. The molecule has 2 aromatic rings. The standard InChI is InChI=1S/C29H30N2O5S/c32-28(27-12-7-16-31(27)29(33)36-20-22-8-3-1-4-9-22)25-19-30-26-14-13-21(18-24(25)26)15-17-37(34,35)23-10-5-2-6-11-23/h1-6,8-11,13-14,19,24,27,30H,7,12,15-18,20H2/t24?,27-/m1/s1. The summed E-state index contributed by atoms with van der Waals surface area (Å²) in [6, 6.07) is 17.4. The Morgan fingerprint density at radius 3 is 2.49 bits per heavy atom. The van der Waals surface area contributed by atoms with Crippen LogP contribution in [0.5, 0.6) is 0 Å². The van der Waals surface area contributed by atoms with Gasteiger partial charge in [0, 0.05) is 29.9 Å². The first-order chi connectivity index (χ1) is 17.9. The quantitative estimate of drug-likeness (QED) is 0.552. The first-order valence-electron chi connectivity index (χ1n) is 12.6. The average Bonchev–Trinajstić information content (AvgIpc) is 3.59. The summed E-state index contributed by atoms with van der Waals surface area (Å²) < 4.78 is 30.9. The Bertz CT molecular complexity index is 1360. The maximum absolute atomic E-state index is 13.6. The molecule has 2 aromatic carbocycles. The largest absolute Gasteiger partial charge is 0.445 e. The van der Waals surface area contributed by atoms with Crippen molar-refractivity contribution in [3.05, 3.63) is 101 Å². The van der Waals surface area contributed by atoms with Crippen molar-refractivity contribution in [1.82, 2.24) is 10.2 Å². The van der Waals surface area contributed by atoms with E-state index >= 15 is 0 Å². The zero-order chi connectivity index (χ0) is 25.8. The molecular formula is C29H30N2O5S. The van der Waals surface area contributed by atoms with Crippen LogP contribution in [0.1, 0.15) is 31.2 Å². The van der Waals surface area contributed by atoms with Crippen LogP contribution >= 0.6 is 0 Å². The van der Waals surface area contributed by atoms with Crippen molar-refractivity contribution in [1.29, 1.82) is 0 Å². The minimum absolute atomic E-state index is 0.0167. The molecule has 7 nitrogen and oxygen atoms in total. The minimum Gasteiger partial charge on any atom is -0.445 e. The molecule has 1 amide bonds. The lowest BCUT2D eigenvalue weighted by molar-refractivity contribution is -0.119. The molecule has 0 radical (unpaired) electrons. The van der Waals surface area contributed by atoms with E-state index in [2.05, 4.69) is 5.32 Å². The normalized spacial score (nSPS) is 20.9. The van der Waals surface area contributed by atoms with E-state index in [1.54, 1.807) is 41.4 Å². The number of fused-ring (bicyclic) bond motifs is 1. The van der Waals surface area contributed by atoms with Crippen molar-refractivity contribution >= 4 is 21.7 Å². The fraction of sp³-hybridized carbons (Fsp3) is 0.310. The number of nitrogens with zero attached hydrogens (tertiary/aromatic N) is 1. The second kappa shape index (κ2) is 10.8. The van der Waals surface area contributed by atoms with Gasteiger partial charge in [-0.05, 0) is 49.5 Å². The van der Waals surface area contributed by atoms with Crippen LogP contribution in [0, 0.1) is 5.92 Å². The van der Waals surface area contributed by atoms with E-state index in [1.165, 1.54) is 0 Å². The van der Waals surface area contributed by atoms with Crippen LogP contribution in [0.4, 0.5) is 4.79 Å². The van der Waals surface area contributed by atoms with E-state index < -0.39 is 22.0 Å². The molecule has 1 aliphatic carbocycles. The molecule has 1 saturated heterocycles. The van der Waals surface area contributed by atoms with Crippen molar-refractivity contribution in [2.75, 3.05) is 12.3 Å². The van der Waals surface area contributed by atoms with Gasteiger partial charge in [0.2, 0.25) is 0 Å². The zero-order valence-electron chi connectivity index (χ0n) is 20.5. The Labute approximate surface area is 217 Å². The second-order valence-electron chi connectivity index (χ2n) is 9.59. The number of likely N-dealkylation sites (tertiary alicyclic amines) is 1. The van der Waals surface area contributed by atoms with Crippen LogP contribution in [0.15, 0.2) is 101 Å². The number of Topliss-reactive ketones (excluding diaryl/α,β-unsaturated/α-hetero) is 1. The Morgan fingerprint density at radius 1 is 1.00 bits per heavy atom. The summed E-state index contributed by atoms with van der Waals surface area (Å²) in [6.45, 7) is 0.650. The molecule has 37 heavy (non-hydrogen) atoms. The fourth-order valence-corrected chi connectivity index (χ4v) is 6.48. The molecule has 8 heteroatoms. The predicted octanol–water partition coefficient (Wildman–Crippen LogP) is 4.54. The Balaban J connectivity index is 1.21. The molecule has 0 saturated carbocycles. The van der Waals surface area contributed by atoms with E-state index in [4.69, 9.17) is 4.74 Å². The van der Waals surface area contributed by atoms with E-state index in [0.29, 0.717) is 36.3 Å². The first kappa shape index (κ1) is 25.0. The summed E-state index contributed by atoms with van der Waals surface area (Å²) in [7, 11) is -3.38. The van der Waals surface area contributed by atoms with Crippen LogP contribution in [0.3, 0.4) is 0 Å². The highest BCUT2D eigenvalue weighted by Gasteiger charge is 2.40. The number of ketones is 1. The number of hydrogen-bond acceptors (Lipinski definition) is 6. The van der Waals surface area contributed by atoms with Gasteiger partial charge in [-0.15, -0.1) is 0 Å². The molecule has 2 aliphatic heterocycles. The van der Waals surface area contributed by atoms with Gasteiger partial charge in [-0.1, -0.05) is 60.2 Å². The first-order valence-corrected chi connectivity index (χ1v) is 14.2. The summed E-state index contributed by atoms with van der Waals surface area (Å²) in [5.74, 6) is -0.217. The van der Waals surface area contributed by atoms with Gasteiger partial charge in [-0.25, -0.2) is 13.2 Å². The van der Waals surface area contributed by atoms with Crippen molar-refractivity contribution < 1.29 is 22.7 Å². The van der Waals surface area contributed by atoms with Gasteiger partial charge in [-0.3, -0.25) is 9.69 Å². The highest BCUT2D eigenvalue weighted by molar-refractivity contribution is 7.91. The number of amides is 1. The smallest absolute Gasteiger partial charge is 0.410 e. The summed E-state index contributed by atoms with van der Waals surface area (Å²) in [5.41, 5.74) is 3.44. The summed E-state index contributed by atoms with van der Waals surface area (Å²) in [4.78, 5) is 28.3. The average molecular weight is 519 g/mol. The highest BCUT2D eigenvalue weighted by Crippen LogP contribution is 2.37. The van der Waals surface area contributed by atoms with Crippen molar-refractivity contribution in [2.45, 2.75) is 43.2 Å². The molecule has 192 valence electrons. The van der Waals surface area contributed by atoms with Gasteiger partial charge >= 0.3 is 6.09 Å². The van der Waals surface area contributed by atoms with Crippen LogP contribution in [-0.2, 0) is 26.0 Å². The third-order valence-electron chi connectivity index (χ3n) is 7.18. The van der Waals surface area contributed by atoms with Crippen molar-refractivity contribution in [2.24, 2.45) is 5.92 Å². The highest BCUT2D eigenvalue weighted by atomic mass is 32.2. The number of carbonyl (C=O) groups is 2. The van der Waals surface area contributed by atoms with Gasteiger partial charge in [-0.2, -0.15) is 0 Å². The molecular weight excluding hydrogens is 488 g/mol. The Hall–Kier alpha value is -3.65. The molecule has 0 spiro atoms. The predicted molar refractivity (Wildman–Crippen MR) is 140 cm³/mol. The van der Waals surface area contributed by atoms with Crippen LogP contribution < -0.4 is 5.32 Å². The van der Waals surface area contributed by atoms with Crippen molar-refractivity contribution in [3.8, 4) is 0 Å². The Kier molecular flexibility index (Phi) is 7.28. The number of allylic oxidation sites excluding steroid dienone is 4. The van der Waals surface area contributed by atoms with Gasteiger partial charge in [0.05, 0.1) is 16.7 Å². The van der Waals surface area contributed by atoms with E-state index in [9.17, 15) is 18.0 Å². The van der Waals surface area contributed by atoms with Gasteiger partial charge in [0.1, 0.15) is 6.61 Å². The lowest BCUT2D eigenvalue weighted by atomic mass is 9.83. The maximum atomic E-state index is 13.6.